The van der Waals surface area contributed by atoms with Gasteiger partial charge in [0, 0.05) is 28.8 Å². The summed E-state index contributed by atoms with van der Waals surface area (Å²) in [6.07, 6.45) is -5.20. The number of nitrogen functional groups attached to an aromatic ring is 1. The number of carboxylic acids is 1. The molecule has 0 saturated heterocycles. The third-order valence-electron chi connectivity index (χ3n) is 6.93. The number of carbonyl (C=O) groups excluding carboxylic acids is 1. The van der Waals surface area contributed by atoms with Gasteiger partial charge in [0.15, 0.2) is 0 Å². The molecule has 3 aromatic rings. The van der Waals surface area contributed by atoms with Crippen LogP contribution in [-0.2, 0) is 9.59 Å². The minimum Gasteiger partial charge on any atom is -0.493 e. The zero-order chi connectivity index (χ0) is 28.1. The summed E-state index contributed by atoms with van der Waals surface area (Å²) in [7, 11) is 0. The Morgan fingerprint density at radius 1 is 1.05 bits per heavy atom. The Morgan fingerprint density at radius 2 is 1.82 bits per heavy atom. The van der Waals surface area contributed by atoms with Crippen molar-refractivity contribution in [2.24, 2.45) is 5.92 Å². The number of benzene rings is 3. The van der Waals surface area contributed by atoms with E-state index in [1.54, 1.807) is 12.1 Å². The first kappa shape index (κ1) is 26.1. The number of fused-ring (bicyclic) bond motifs is 2. The number of carbonyl (C=O) groups is 2. The van der Waals surface area contributed by atoms with Crippen LogP contribution >= 0.6 is 0 Å². The number of para-hydroxylation sites is 1. The first-order valence-electron chi connectivity index (χ1n) is 11.9. The van der Waals surface area contributed by atoms with E-state index in [1.807, 2.05) is 0 Å². The quantitative estimate of drug-likeness (QED) is 0.282. The van der Waals surface area contributed by atoms with Crippen LogP contribution in [0.15, 0.2) is 54.6 Å². The van der Waals surface area contributed by atoms with E-state index in [-0.39, 0.29) is 41.8 Å². The molecule has 1 amide bonds. The predicted octanol–water partition coefficient (Wildman–Crippen LogP) is 5.38. The van der Waals surface area contributed by atoms with Crippen LogP contribution in [0.5, 0.6) is 11.5 Å². The van der Waals surface area contributed by atoms with Crippen molar-refractivity contribution < 1.29 is 41.7 Å². The fourth-order valence-corrected chi connectivity index (χ4v) is 4.86. The van der Waals surface area contributed by atoms with Crippen molar-refractivity contribution in [3.63, 3.8) is 0 Å². The lowest BCUT2D eigenvalue weighted by Gasteiger charge is -2.29. The molecule has 0 aliphatic carbocycles. The molecule has 0 saturated carbocycles. The number of ether oxygens (including phenoxy) is 2. The van der Waals surface area contributed by atoms with Crippen LogP contribution in [0.4, 0.5) is 40.3 Å². The lowest BCUT2D eigenvalue weighted by atomic mass is 9.89. The number of halogens is 4. The fourth-order valence-electron chi connectivity index (χ4n) is 4.86. The molecule has 0 spiro atoms. The molecule has 0 fully saturated rings. The number of alkyl halides is 3. The number of nitrogens with two attached hydrogens (primary N) is 1. The summed E-state index contributed by atoms with van der Waals surface area (Å²) >= 11 is 0. The zero-order valence-corrected chi connectivity index (χ0v) is 20.5. The first-order chi connectivity index (χ1) is 18.5. The van der Waals surface area contributed by atoms with Gasteiger partial charge in [-0.1, -0.05) is 25.1 Å². The molecule has 3 aromatic carbocycles. The molecule has 8 nitrogen and oxygen atoms in total. The Bertz CT molecular complexity index is 1460. The molecule has 2 aliphatic heterocycles. The summed E-state index contributed by atoms with van der Waals surface area (Å²) in [5.74, 6) is -4.54. The maximum absolute atomic E-state index is 13.8. The number of amides is 1. The van der Waals surface area contributed by atoms with Crippen molar-refractivity contribution in [2.45, 2.75) is 25.1 Å². The number of hydrogen-bond donors (Lipinski definition) is 3. The highest BCUT2D eigenvalue weighted by molar-refractivity contribution is 5.98. The highest BCUT2D eigenvalue weighted by atomic mass is 19.4. The Labute approximate surface area is 219 Å². The molecule has 12 heteroatoms. The van der Waals surface area contributed by atoms with Crippen molar-refractivity contribution in [1.29, 1.82) is 0 Å². The monoisotopic (exact) mass is 545 g/mol. The molecular formula is C27H23F4N3O5. The van der Waals surface area contributed by atoms with Crippen molar-refractivity contribution in [3.05, 3.63) is 71.5 Å². The van der Waals surface area contributed by atoms with Gasteiger partial charge < -0.3 is 25.6 Å². The third-order valence-corrected chi connectivity index (χ3v) is 6.93. The van der Waals surface area contributed by atoms with Gasteiger partial charge in [-0.25, -0.2) is 4.39 Å². The normalized spacial score (nSPS) is 18.4. The number of aliphatic carboxylic acids is 1. The fraction of sp³-hybridized carbons (Fsp3) is 0.259. The lowest BCUT2D eigenvalue weighted by molar-refractivity contribution is -0.171. The first-order valence-corrected chi connectivity index (χ1v) is 11.9. The second kappa shape index (κ2) is 9.68. The predicted molar refractivity (Wildman–Crippen MR) is 134 cm³/mol. The average Bonchev–Trinajstić information content (AvgIpc) is 3.50. The van der Waals surface area contributed by atoms with E-state index in [0.29, 0.717) is 21.7 Å². The summed E-state index contributed by atoms with van der Waals surface area (Å²) in [6.45, 7) is 1.28. The average molecular weight is 545 g/mol. The highest BCUT2D eigenvalue weighted by Crippen LogP contribution is 2.47. The maximum Gasteiger partial charge on any atom is 0.471 e. The summed E-state index contributed by atoms with van der Waals surface area (Å²) in [6, 6.07) is 11.4. The van der Waals surface area contributed by atoms with Gasteiger partial charge in [0.1, 0.15) is 23.9 Å². The number of carboxylic acid groups (broad SMARTS) is 1. The van der Waals surface area contributed by atoms with Crippen LogP contribution in [0.1, 0.15) is 30.0 Å². The van der Waals surface area contributed by atoms with Gasteiger partial charge >= 0.3 is 18.1 Å². The molecule has 3 atom stereocenters. The van der Waals surface area contributed by atoms with Crippen molar-refractivity contribution in [3.8, 4) is 11.5 Å². The number of hydrogen-bond acceptors (Lipinski definition) is 6. The van der Waals surface area contributed by atoms with Crippen molar-refractivity contribution in [2.75, 3.05) is 29.2 Å². The largest absolute Gasteiger partial charge is 0.493 e. The van der Waals surface area contributed by atoms with Gasteiger partial charge in [-0.15, -0.1) is 0 Å². The molecule has 39 heavy (non-hydrogen) atoms. The highest BCUT2D eigenvalue weighted by Gasteiger charge is 2.48. The van der Waals surface area contributed by atoms with Crippen LogP contribution in [0.25, 0.3) is 0 Å². The minimum absolute atomic E-state index is 0.0487. The van der Waals surface area contributed by atoms with E-state index in [1.165, 1.54) is 49.4 Å². The van der Waals surface area contributed by atoms with Crippen LogP contribution in [0.3, 0.4) is 0 Å². The maximum atomic E-state index is 13.8. The Hall–Kier alpha value is -4.48. The second-order valence-corrected chi connectivity index (χ2v) is 9.35. The van der Waals surface area contributed by atoms with E-state index in [0.717, 1.165) is 0 Å². The molecule has 204 valence electrons. The molecule has 2 aliphatic rings. The molecule has 4 N–H and O–H groups in total. The number of anilines is 4. The standard InChI is InChI=1S/C27H23F4N3O5/c1-13(25(35)36)18-11-38-23-10-15(6-7-16(18)23)34(26(37)27(29,30)31)22-12-39-24-17(22)3-2-4-20(24)33-21-9-14(28)5-8-19(21)32/h2-10,13,18,22,33H,11-12,32H2,1H3,(H,35,36)/t13?,18-,22?/m0/s1. The number of rotatable bonds is 6. The topological polar surface area (TPSA) is 114 Å². The molecule has 0 bridgehead atoms. The molecular weight excluding hydrogens is 522 g/mol. The third kappa shape index (κ3) is 4.77. The van der Waals surface area contributed by atoms with Crippen molar-refractivity contribution >= 4 is 34.6 Å². The SMILES string of the molecule is CC(C(=O)O)[C@@H]1COc2cc(N(C(=O)C(F)(F)F)C3COc4c(Nc5cc(F)ccc5N)cccc43)ccc21. The zero-order valence-electron chi connectivity index (χ0n) is 20.5. The van der Waals surface area contributed by atoms with Crippen molar-refractivity contribution in [1.82, 2.24) is 0 Å². The van der Waals surface area contributed by atoms with Gasteiger partial charge in [-0.3, -0.25) is 14.5 Å². The van der Waals surface area contributed by atoms with Gasteiger partial charge in [0.05, 0.1) is 35.6 Å². The van der Waals surface area contributed by atoms with E-state index in [2.05, 4.69) is 5.32 Å². The van der Waals surface area contributed by atoms with E-state index < -0.39 is 41.7 Å². The summed E-state index contributed by atoms with van der Waals surface area (Å²) in [5, 5.41) is 12.3. The van der Waals surface area contributed by atoms with E-state index in [4.69, 9.17) is 15.2 Å². The van der Waals surface area contributed by atoms with Crippen LogP contribution in [-0.4, -0.2) is 36.4 Å². The number of nitrogens with zero attached hydrogens (tertiary/aromatic N) is 1. The van der Waals surface area contributed by atoms with Gasteiger partial charge in [0.2, 0.25) is 0 Å². The van der Waals surface area contributed by atoms with Gasteiger partial charge in [-0.05, 0) is 30.3 Å². The van der Waals surface area contributed by atoms with Gasteiger partial charge in [-0.2, -0.15) is 13.2 Å². The van der Waals surface area contributed by atoms with Gasteiger partial charge in [0.25, 0.3) is 0 Å². The Morgan fingerprint density at radius 3 is 2.54 bits per heavy atom. The molecule has 2 heterocycles. The molecule has 5 rings (SSSR count). The molecule has 2 unspecified atom stereocenters. The second-order valence-electron chi connectivity index (χ2n) is 9.35. The van der Waals surface area contributed by atoms with Crippen LogP contribution < -0.4 is 25.4 Å². The molecule has 0 radical (unpaired) electrons. The molecule has 0 aromatic heterocycles. The number of nitrogens with one attached hydrogen (secondary N) is 1. The lowest BCUT2D eigenvalue weighted by Crippen LogP contribution is -2.44. The summed E-state index contributed by atoms with van der Waals surface area (Å²) < 4.78 is 66.6. The van der Waals surface area contributed by atoms with Crippen LogP contribution in [0.2, 0.25) is 0 Å². The van der Waals surface area contributed by atoms with E-state index >= 15 is 0 Å². The van der Waals surface area contributed by atoms with Crippen LogP contribution in [0, 0.1) is 11.7 Å². The summed E-state index contributed by atoms with van der Waals surface area (Å²) in [5.41, 5.74) is 7.47. The van der Waals surface area contributed by atoms with E-state index in [9.17, 15) is 32.3 Å². The minimum atomic E-state index is -5.20. The summed E-state index contributed by atoms with van der Waals surface area (Å²) in [4.78, 5) is 24.8. The Balaban J connectivity index is 1.53. The smallest absolute Gasteiger partial charge is 0.471 e. The Kier molecular flexibility index (Phi) is 6.49.